The van der Waals surface area contributed by atoms with E-state index in [1.807, 2.05) is 50.2 Å². The van der Waals surface area contributed by atoms with Crippen molar-refractivity contribution in [3.63, 3.8) is 0 Å². The molecule has 0 spiro atoms. The third-order valence-electron chi connectivity index (χ3n) is 12.0. The molecule has 0 aliphatic carbocycles. The van der Waals surface area contributed by atoms with E-state index in [0.29, 0.717) is 6.10 Å². The Morgan fingerprint density at radius 2 is 0.761 bits per heavy atom. The summed E-state index contributed by atoms with van der Waals surface area (Å²) in [5, 5.41) is 30.4. The van der Waals surface area contributed by atoms with Gasteiger partial charge in [-0.05, 0) is 81.3 Å². The van der Waals surface area contributed by atoms with E-state index < -0.39 is 7.12 Å². The number of benzene rings is 6. The second-order valence-corrected chi connectivity index (χ2v) is 16.8. The summed E-state index contributed by atoms with van der Waals surface area (Å²) in [5.41, 5.74) is 11.9. The fraction of sp³-hybridized carbons (Fsp3) is 0.224. The number of ether oxygens (including phenoxy) is 3. The zero-order valence-corrected chi connectivity index (χ0v) is 42.0. The minimum absolute atomic E-state index is 0. The van der Waals surface area contributed by atoms with E-state index in [2.05, 4.69) is 184 Å². The second-order valence-electron chi connectivity index (χ2n) is 16.8. The van der Waals surface area contributed by atoms with Crippen molar-refractivity contribution in [1.29, 1.82) is 0 Å². The van der Waals surface area contributed by atoms with Crippen molar-refractivity contribution >= 4 is 7.12 Å². The predicted octanol–water partition coefficient (Wildman–Crippen LogP) is 10.6. The van der Waals surface area contributed by atoms with Gasteiger partial charge in [-0.15, -0.1) is 0 Å². The largest absolute Gasteiger partial charge is 3.00 e. The number of hydrogen-bond donors (Lipinski definition) is 0. The van der Waals surface area contributed by atoms with E-state index in [9.17, 15) is 0 Å². The molecule has 11 rings (SSSR count). The Morgan fingerprint density at radius 1 is 0.465 bits per heavy atom. The van der Waals surface area contributed by atoms with Crippen molar-refractivity contribution in [2.45, 2.75) is 52.6 Å². The molecule has 71 heavy (non-hydrogen) atoms. The van der Waals surface area contributed by atoms with Gasteiger partial charge in [0.25, 0.3) is 0 Å². The molecule has 0 amide bonds. The minimum atomic E-state index is -1.96. The van der Waals surface area contributed by atoms with Gasteiger partial charge in [0.1, 0.15) is 0 Å². The Morgan fingerprint density at radius 3 is 0.958 bits per heavy atom. The summed E-state index contributed by atoms with van der Waals surface area (Å²) >= 11 is 0. The average Bonchev–Trinajstić information content (AvgIpc) is 4.32. The molecule has 6 aromatic carbocycles. The molecule has 13 heteroatoms. The number of nitrogens with zero attached hydrogens (tertiary/aromatic N) is 6. The van der Waals surface area contributed by atoms with Crippen LogP contribution in [0.1, 0.15) is 46.5 Å². The fourth-order valence-electron chi connectivity index (χ4n) is 8.50. The number of hydrogen-bond acceptors (Lipinski definition) is 8. The summed E-state index contributed by atoms with van der Waals surface area (Å²) in [6.07, 6.45) is 5.63. The van der Waals surface area contributed by atoms with Crippen molar-refractivity contribution in [3.05, 3.63) is 200 Å². The first kappa shape index (κ1) is 53.7. The summed E-state index contributed by atoms with van der Waals surface area (Å²) in [4.78, 5) is 0. The van der Waals surface area contributed by atoms with Gasteiger partial charge in [0.2, 0.25) is 0 Å². The van der Waals surface area contributed by atoms with Crippen molar-refractivity contribution in [2.75, 3.05) is 33.0 Å². The standard InChI is InChI=1S/C45H34BN6.C5H10O.C4H8O.C4H10O.Mn.O2/c1-7-19-34(20-8-1)40-31-43(37-25-13-4-14-26-37)50(47-40)46(51-44(38-27-15-5-16-28-38)32-41(48-51)35-21-9-2-10-22-35)52-45(39-29-17-6-18-30-39)33-42(49-52)36-23-11-3-12-24-36;1-5-3-2-4-6-5;1-2-4-5-3-1;1-3-5-4-2;;1-2/h1-33,46H;5H,2-4H2,1H3;1-4H2;3-4H2,1-2H3;;/q-1;;;;+3;-2/t;5-;;;;/m.0..../s1. The molecule has 0 saturated carbocycles. The SMILES string of the molecule is C1CCOC1.CCOCC.C[C@H]1CCCO1.[Mn+3].[O-][O-].c1ccc(-c2cc(-c3ccccc3)n([BH-](n3nc(-c4ccccc4)cc3-c3ccccc3)n3nc(-c4ccccc4)cc3-c3ccccc3)n2)cc1. The van der Waals surface area contributed by atoms with E-state index in [-0.39, 0.29) is 17.1 Å². The molecule has 11 nitrogen and oxygen atoms in total. The first-order valence-corrected chi connectivity index (χ1v) is 24.3. The van der Waals surface area contributed by atoms with Gasteiger partial charge in [0.15, 0.2) is 0 Å². The molecular weight excluding hydrogens is 926 g/mol. The maximum absolute atomic E-state index is 7.00. The molecule has 2 saturated heterocycles. The smallest absolute Gasteiger partial charge is 1.00 e. The monoisotopic (exact) mass is 988 g/mol. The molecule has 9 aromatic rings. The van der Waals surface area contributed by atoms with Crippen LogP contribution in [0.15, 0.2) is 200 Å². The molecule has 2 fully saturated rings. The van der Waals surface area contributed by atoms with Gasteiger partial charge in [-0.3, -0.25) is 0 Å². The van der Waals surface area contributed by atoms with Crippen molar-refractivity contribution in [1.82, 2.24) is 29.1 Å². The molecule has 1 atom stereocenters. The van der Waals surface area contributed by atoms with E-state index in [4.69, 9.17) is 40.0 Å². The molecule has 2 aliphatic heterocycles. The molecule has 5 heterocycles. The van der Waals surface area contributed by atoms with Crippen LogP contribution >= 0.6 is 0 Å². The summed E-state index contributed by atoms with van der Waals surface area (Å²) in [6.45, 7) is 10.8. The van der Waals surface area contributed by atoms with E-state index >= 15 is 0 Å². The van der Waals surface area contributed by atoms with Gasteiger partial charge in [0.05, 0.1) is 23.2 Å². The number of aromatic nitrogens is 6. The molecule has 364 valence electrons. The van der Waals surface area contributed by atoms with Crippen LogP contribution < -0.4 is 10.5 Å². The van der Waals surface area contributed by atoms with Crippen LogP contribution in [0.5, 0.6) is 0 Å². The summed E-state index contributed by atoms with van der Waals surface area (Å²) in [6, 6.07) is 69.2. The van der Waals surface area contributed by atoms with Crippen molar-refractivity contribution in [3.8, 4) is 67.5 Å². The van der Waals surface area contributed by atoms with Gasteiger partial charge in [-0.25, -0.2) is 15.3 Å². The molecule has 0 N–H and O–H groups in total. The zero-order chi connectivity index (χ0) is 48.8. The molecule has 2 aliphatic rings. The second kappa shape index (κ2) is 28.9. The van der Waals surface area contributed by atoms with Crippen LogP contribution in [0, 0.1) is 0 Å². The van der Waals surface area contributed by atoms with Crippen molar-refractivity contribution < 1.29 is 41.8 Å². The maximum atomic E-state index is 7.00. The zero-order valence-electron chi connectivity index (χ0n) is 40.8. The van der Waals surface area contributed by atoms with Gasteiger partial charge >= 0.3 is 24.2 Å². The molecule has 0 bridgehead atoms. The van der Waals surface area contributed by atoms with E-state index in [1.165, 1.54) is 25.7 Å². The Kier molecular flexibility index (Phi) is 21.8. The first-order chi connectivity index (χ1) is 34.6. The molecule has 0 unspecified atom stereocenters. The maximum Gasteiger partial charge on any atom is 3.00 e. The van der Waals surface area contributed by atoms with Crippen LogP contribution in [-0.2, 0) is 31.3 Å². The van der Waals surface area contributed by atoms with Gasteiger partial charge in [-0.1, -0.05) is 182 Å². The first-order valence-electron chi connectivity index (χ1n) is 24.3. The Bertz CT molecular complexity index is 2540. The third-order valence-corrected chi connectivity index (χ3v) is 12.0. The Balaban J connectivity index is 0.000000369. The van der Waals surface area contributed by atoms with Gasteiger partial charge in [0, 0.05) is 66.8 Å². The average molecular weight is 989 g/mol. The van der Waals surface area contributed by atoms with Gasteiger partial charge < -0.3 is 38.5 Å². The number of rotatable bonds is 11. The molecular formula is C58H62BMnN6O5. The van der Waals surface area contributed by atoms with Gasteiger partial charge in [-0.2, -0.15) is 0 Å². The van der Waals surface area contributed by atoms with Crippen LogP contribution in [0.25, 0.3) is 67.5 Å². The van der Waals surface area contributed by atoms with Crippen LogP contribution in [0.3, 0.4) is 0 Å². The van der Waals surface area contributed by atoms with Crippen molar-refractivity contribution in [2.24, 2.45) is 0 Å². The van der Waals surface area contributed by atoms with Crippen LogP contribution in [-0.4, -0.2) is 75.3 Å². The Labute approximate surface area is 429 Å². The topological polar surface area (TPSA) is 127 Å². The summed E-state index contributed by atoms with van der Waals surface area (Å²) in [5.74, 6) is 0. The predicted molar refractivity (Wildman–Crippen MR) is 280 cm³/mol. The van der Waals surface area contributed by atoms with E-state index in [0.717, 1.165) is 101 Å². The fourth-order valence-corrected chi connectivity index (χ4v) is 8.50. The molecule has 0 radical (unpaired) electrons. The summed E-state index contributed by atoms with van der Waals surface area (Å²) < 4.78 is 21.4. The van der Waals surface area contributed by atoms with Crippen LogP contribution in [0.4, 0.5) is 0 Å². The third kappa shape index (κ3) is 14.7. The van der Waals surface area contributed by atoms with E-state index in [1.54, 1.807) is 0 Å². The van der Waals surface area contributed by atoms with Crippen LogP contribution in [0.2, 0.25) is 0 Å². The minimum Gasteiger partial charge on any atom is -1.00 e. The Hall–Kier alpha value is -6.67. The normalized spacial score (nSPS) is 13.5. The molecule has 3 aromatic heterocycles. The quantitative estimate of drug-likeness (QED) is 0.0712. The summed E-state index contributed by atoms with van der Waals surface area (Å²) in [7, 11) is -1.96.